The molecule has 0 unspecified atom stereocenters. The molecule has 0 amide bonds. The Kier molecular flexibility index (Phi) is 6.04. The van der Waals surface area contributed by atoms with Crippen LogP contribution in [0, 0.1) is 18.3 Å². The summed E-state index contributed by atoms with van der Waals surface area (Å²) in [6, 6.07) is 16.7. The van der Waals surface area contributed by atoms with Gasteiger partial charge in [-0.2, -0.15) is 15.2 Å². The van der Waals surface area contributed by atoms with E-state index in [9.17, 15) is 10.1 Å². The lowest BCUT2D eigenvalue weighted by atomic mass is 10.1. The van der Waals surface area contributed by atoms with Gasteiger partial charge in [0.1, 0.15) is 6.07 Å². The molecular formula is C25H21N5O2. The average Bonchev–Trinajstić information content (AvgIpc) is 2.81. The third kappa shape index (κ3) is 4.71. The number of ether oxygens (including phenoxy) is 1. The molecule has 0 saturated heterocycles. The zero-order valence-electron chi connectivity index (χ0n) is 17.8. The number of nitriles is 1. The number of hydrogen-bond acceptors (Lipinski definition) is 6. The van der Waals surface area contributed by atoms with Crippen molar-refractivity contribution in [2.75, 3.05) is 0 Å². The summed E-state index contributed by atoms with van der Waals surface area (Å²) in [5, 5.41) is 9.47. The fourth-order valence-electron chi connectivity index (χ4n) is 3.33. The quantitative estimate of drug-likeness (QED) is 0.465. The van der Waals surface area contributed by atoms with E-state index in [1.54, 1.807) is 31.6 Å². The molecular weight excluding hydrogens is 402 g/mol. The number of aryl methyl sites for hydroxylation is 4. The van der Waals surface area contributed by atoms with Gasteiger partial charge >= 0.3 is 6.01 Å². The molecule has 3 heterocycles. The van der Waals surface area contributed by atoms with Crippen molar-refractivity contribution in [1.29, 1.82) is 5.26 Å². The Hall–Kier alpha value is -4.31. The SMILES string of the molecule is Cc1cccc(C#N)c1Oc1nc(CCc2cccnc2)cc(-c2ccc(=O)n(C)c2)n1. The Labute approximate surface area is 185 Å². The van der Waals surface area contributed by atoms with Gasteiger partial charge in [-0.3, -0.25) is 9.78 Å². The van der Waals surface area contributed by atoms with Crippen LogP contribution in [0.25, 0.3) is 11.3 Å². The van der Waals surface area contributed by atoms with Gasteiger partial charge in [0.05, 0.1) is 11.3 Å². The van der Waals surface area contributed by atoms with Crippen molar-refractivity contribution in [2.24, 2.45) is 7.05 Å². The van der Waals surface area contributed by atoms with Gasteiger partial charge in [-0.25, -0.2) is 0 Å². The maximum absolute atomic E-state index is 11.8. The standard InChI is InChI=1S/C25H21N5O2/c1-17-5-3-7-19(14-26)24(17)32-25-28-21(10-8-18-6-4-12-27-15-18)13-22(29-25)20-9-11-23(31)30(2)16-20/h3-7,9,11-13,15-16H,8,10H2,1-2H3. The second-order valence-corrected chi connectivity index (χ2v) is 7.42. The van der Waals surface area contributed by atoms with Gasteiger partial charge in [-0.15, -0.1) is 0 Å². The normalized spacial score (nSPS) is 10.5. The van der Waals surface area contributed by atoms with E-state index in [4.69, 9.17) is 4.74 Å². The predicted octanol–water partition coefficient (Wildman–Crippen LogP) is 3.99. The topological polar surface area (TPSA) is 93.7 Å². The van der Waals surface area contributed by atoms with E-state index in [0.717, 1.165) is 28.8 Å². The van der Waals surface area contributed by atoms with Crippen LogP contribution in [0.15, 0.2) is 71.9 Å². The smallest absolute Gasteiger partial charge is 0.322 e. The van der Waals surface area contributed by atoms with Crippen LogP contribution in [0.5, 0.6) is 11.8 Å². The molecule has 7 heteroatoms. The third-order valence-electron chi connectivity index (χ3n) is 5.06. The summed E-state index contributed by atoms with van der Waals surface area (Å²) in [5.41, 5.74) is 4.42. The van der Waals surface area contributed by atoms with Gasteiger partial charge < -0.3 is 9.30 Å². The minimum atomic E-state index is -0.102. The highest BCUT2D eigenvalue weighted by atomic mass is 16.5. The second-order valence-electron chi connectivity index (χ2n) is 7.42. The Morgan fingerprint density at radius 3 is 2.72 bits per heavy atom. The molecule has 0 radical (unpaired) electrons. The third-order valence-corrected chi connectivity index (χ3v) is 5.06. The van der Waals surface area contributed by atoms with Crippen molar-refractivity contribution in [3.05, 3.63) is 99.9 Å². The van der Waals surface area contributed by atoms with Crippen molar-refractivity contribution in [3.8, 4) is 29.1 Å². The van der Waals surface area contributed by atoms with Gasteiger partial charge in [0.25, 0.3) is 0 Å². The maximum atomic E-state index is 11.8. The van der Waals surface area contributed by atoms with Gasteiger partial charge in [-0.1, -0.05) is 18.2 Å². The lowest BCUT2D eigenvalue weighted by Gasteiger charge is -2.12. The van der Waals surface area contributed by atoms with Crippen LogP contribution in [0.3, 0.4) is 0 Å². The van der Waals surface area contributed by atoms with Gasteiger partial charge in [0, 0.05) is 43.0 Å². The van der Waals surface area contributed by atoms with Crippen molar-refractivity contribution >= 4 is 0 Å². The predicted molar refractivity (Wildman–Crippen MR) is 120 cm³/mol. The van der Waals surface area contributed by atoms with E-state index < -0.39 is 0 Å². The summed E-state index contributed by atoms with van der Waals surface area (Å²) in [4.78, 5) is 25.1. The Morgan fingerprint density at radius 2 is 1.97 bits per heavy atom. The molecule has 0 atom stereocenters. The molecule has 158 valence electrons. The zero-order chi connectivity index (χ0) is 22.5. The summed E-state index contributed by atoms with van der Waals surface area (Å²) in [5.74, 6) is 0.436. The summed E-state index contributed by atoms with van der Waals surface area (Å²) < 4.78 is 7.52. The first-order chi connectivity index (χ1) is 15.5. The maximum Gasteiger partial charge on any atom is 0.322 e. The first-order valence-electron chi connectivity index (χ1n) is 10.1. The highest BCUT2D eigenvalue weighted by Gasteiger charge is 2.14. The fourth-order valence-corrected chi connectivity index (χ4v) is 3.33. The lowest BCUT2D eigenvalue weighted by Crippen LogP contribution is -2.14. The molecule has 0 aliphatic heterocycles. The molecule has 3 aromatic heterocycles. The van der Waals surface area contributed by atoms with Crippen LogP contribution in [-0.2, 0) is 19.9 Å². The molecule has 0 fully saturated rings. The van der Waals surface area contributed by atoms with Crippen LogP contribution >= 0.6 is 0 Å². The highest BCUT2D eigenvalue weighted by Crippen LogP contribution is 2.28. The number of benzene rings is 1. The molecule has 0 saturated carbocycles. The van der Waals surface area contributed by atoms with E-state index in [-0.39, 0.29) is 11.6 Å². The monoisotopic (exact) mass is 423 g/mol. The Bertz CT molecular complexity index is 1360. The van der Waals surface area contributed by atoms with E-state index in [1.165, 1.54) is 10.6 Å². The number of rotatable bonds is 6. The van der Waals surface area contributed by atoms with Crippen LogP contribution in [0.2, 0.25) is 0 Å². The first-order valence-corrected chi connectivity index (χ1v) is 10.1. The molecule has 0 aliphatic rings. The summed E-state index contributed by atoms with van der Waals surface area (Å²) in [6.45, 7) is 1.87. The molecule has 1 aromatic carbocycles. The van der Waals surface area contributed by atoms with Crippen LogP contribution < -0.4 is 10.3 Å². The molecule has 7 nitrogen and oxygen atoms in total. The van der Waals surface area contributed by atoms with Crippen LogP contribution in [0.4, 0.5) is 0 Å². The van der Waals surface area contributed by atoms with Crippen molar-refractivity contribution in [2.45, 2.75) is 19.8 Å². The molecule has 0 bridgehead atoms. The number of aromatic nitrogens is 4. The molecule has 0 spiro atoms. The van der Waals surface area contributed by atoms with E-state index in [0.29, 0.717) is 23.4 Å². The minimum Gasteiger partial charge on any atom is -0.423 e. The molecule has 0 N–H and O–H groups in total. The summed E-state index contributed by atoms with van der Waals surface area (Å²) in [6.07, 6.45) is 6.72. The van der Waals surface area contributed by atoms with Crippen LogP contribution in [0.1, 0.15) is 22.4 Å². The highest BCUT2D eigenvalue weighted by molar-refractivity contribution is 5.59. The number of para-hydroxylation sites is 1. The largest absolute Gasteiger partial charge is 0.423 e. The van der Waals surface area contributed by atoms with Gasteiger partial charge in [0.15, 0.2) is 5.75 Å². The molecule has 0 aliphatic carbocycles. The Morgan fingerprint density at radius 1 is 1.09 bits per heavy atom. The second kappa shape index (κ2) is 9.23. The average molecular weight is 423 g/mol. The first kappa shape index (κ1) is 20.9. The number of pyridine rings is 2. The summed E-state index contributed by atoms with van der Waals surface area (Å²) >= 11 is 0. The van der Waals surface area contributed by atoms with Gasteiger partial charge in [-0.05, 0) is 55.2 Å². The summed E-state index contributed by atoms with van der Waals surface area (Å²) in [7, 11) is 1.69. The lowest BCUT2D eigenvalue weighted by molar-refractivity contribution is 0.435. The molecule has 4 rings (SSSR count). The van der Waals surface area contributed by atoms with Crippen LogP contribution in [-0.4, -0.2) is 19.5 Å². The zero-order valence-corrected chi connectivity index (χ0v) is 17.8. The van der Waals surface area contributed by atoms with E-state index in [1.807, 2.05) is 43.5 Å². The number of nitrogens with zero attached hydrogens (tertiary/aromatic N) is 5. The van der Waals surface area contributed by atoms with Crippen molar-refractivity contribution in [3.63, 3.8) is 0 Å². The molecule has 32 heavy (non-hydrogen) atoms. The number of hydrogen-bond donors (Lipinski definition) is 0. The Balaban J connectivity index is 1.74. The van der Waals surface area contributed by atoms with E-state index >= 15 is 0 Å². The molecule has 4 aromatic rings. The van der Waals surface area contributed by atoms with Crippen molar-refractivity contribution in [1.82, 2.24) is 19.5 Å². The van der Waals surface area contributed by atoms with Gasteiger partial charge in [0.2, 0.25) is 5.56 Å². The van der Waals surface area contributed by atoms with E-state index in [2.05, 4.69) is 21.0 Å². The minimum absolute atomic E-state index is 0.102. The van der Waals surface area contributed by atoms with Crippen molar-refractivity contribution < 1.29 is 4.74 Å². The fraction of sp³-hybridized carbons (Fsp3) is 0.160.